The van der Waals surface area contributed by atoms with E-state index < -0.39 is 39.3 Å². The molecule has 0 spiro atoms. The first-order chi connectivity index (χ1) is 13.0. The Hall–Kier alpha value is -2.43. The molecule has 0 aliphatic carbocycles. The van der Waals surface area contributed by atoms with Crippen LogP contribution < -0.4 is 10.0 Å². The summed E-state index contributed by atoms with van der Waals surface area (Å²) in [5.74, 6) is -0.949. The van der Waals surface area contributed by atoms with E-state index in [4.69, 9.17) is 4.74 Å². The molecule has 2 rings (SSSR count). The third kappa shape index (κ3) is 5.54. The van der Waals surface area contributed by atoms with Crippen LogP contribution in [0.5, 0.6) is 0 Å². The van der Waals surface area contributed by atoms with Crippen LogP contribution >= 0.6 is 0 Å². The first-order valence-electron chi connectivity index (χ1n) is 8.13. The van der Waals surface area contributed by atoms with Crippen LogP contribution in [-0.2, 0) is 20.9 Å². The molecule has 2 N–H and O–H groups in total. The summed E-state index contributed by atoms with van der Waals surface area (Å²) in [6, 6.07) is 9.03. The smallest absolute Gasteiger partial charge is 0.383 e. The monoisotopic (exact) mass is 416 g/mol. The maximum atomic E-state index is 13.0. The summed E-state index contributed by atoms with van der Waals surface area (Å²) in [5, 5.41) is 2.34. The molecule has 10 heteroatoms. The molecule has 6 nitrogen and oxygen atoms in total. The summed E-state index contributed by atoms with van der Waals surface area (Å²) >= 11 is 0. The first kappa shape index (κ1) is 21.9. The standard InChI is InChI=1S/C18H19F3N2O4S/c1-12(11-27-2)23-28(25,26)14-9-7-13(8-10-14)22-17(24)15-5-3-4-6-16(15)18(19,20)21/h3-10,12,23H,11H2,1-2H3,(H,22,24). The van der Waals surface area contributed by atoms with Gasteiger partial charge in [0.2, 0.25) is 10.0 Å². The normalized spacial score (nSPS) is 13.2. The molecular weight excluding hydrogens is 397 g/mol. The molecule has 0 radical (unpaired) electrons. The molecule has 0 aliphatic rings. The first-order valence-corrected chi connectivity index (χ1v) is 9.62. The molecule has 0 saturated heterocycles. The Labute approximate surface area is 160 Å². The quantitative estimate of drug-likeness (QED) is 0.726. The maximum Gasteiger partial charge on any atom is 0.417 e. The highest BCUT2D eigenvalue weighted by atomic mass is 32.2. The number of carbonyl (C=O) groups excluding carboxylic acids is 1. The van der Waals surface area contributed by atoms with Crippen LogP contribution in [0, 0.1) is 0 Å². The third-order valence-corrected chi connectivity index (χ3v) is 5.28. The van der Waals surface area contributed by atoms with Crippen molar-refractivity contribution in [3.8, 4) is 0 Å². The summed E-state index contributed by atoms with van der Waals surface area (Å²) in [4.78, 5) is 12.2. The summed E-state index contributed by atoms with van der Waals surface area (Å²) in [5.41, 5.74) is -1.42. The van der Waals surface area contributed by atoms with Crippen LogP contribution in [0.4, 0.5) is 18.9 Å². The Bertz CT molecular complexity index is 929. The lowest BCUT2D eigenvalue weighted by Gasteiger charge is -2.14. The molecule has 0 heterocycles. The average molecular weight is 416 g/mol. The largest absolute Gasteiger partial charge is 0.417 e. The zero-order valence-corrected chi connectivity index (χ0v) is 15.9. The van der Waals surface area contributed by atoms with Crippen LogP contribution in [0.3, 0.4) is 0 Å². The Morgan fingerprint density at radius 3 is 2.29 bits per heavy atom. The molecule has 1 unspecified atom stereocenters. The lowest BCUT2D eigenvalue weighted by atomic mass is 10.1. The highest BCUT2D eigenvalue weighted by Crippen LogP contribution is 2.32. The van der Waals surface area contributed by atoms with E-state index >= 15 is 0 Å². The van der Waals surface area contributed by atoms with E-state index in [1.807, 2.05) is 0 Å². The molecule has 0 bridgehead atoms. The number of hydrogen-bond donors (Lipinski definition) is 2. The number of carbonyl (C=O) groups is 1. The van der Waals surface area contributed by atoms with Gasteiger partial charge in [-0.05, 0) is 43.3 Å². The van der Waals surface area contributed by atoms with Crippen molar-refractivity contribution in [1.29, 1.82) is 0 Å². The van der Waals surface area contributed by atoms with Gasteiger partial charge < -0.3 is 10.1 Å². The van der Waals surface area contributed by atoms with Gasteiger partial charge in [-0.25, -0.2) is 13.1 Å². The molecule has 2 aromatic carbocycles. The van der Waals surface area contributed by atoms with E-state index in [2.05, 4.69) is 10.0 Å². The van der Waals surface area contributed by atoms with E-state index in [-0.39, 0.29) is 17.2 Å². The van der Waals surface area contributed by atoms with Crippen molar-refractivity contribution in [2.75, 3.05) is 19.0 Å². The Balaban J connectivity index is 2.16. The number of anilines is 1. The highest BCUT2D eigenvalue weighted by Gasteiger charge is 2.34. The molecule has 0 aromatic heterocycles. The van der Waals surface area contributed by atoms with Gasteiger partial charge in [-0.2, -0.15) is 13.2 Å². The lowest BCUT2D eigenvalue weighted by molar-refractivity contribution is -0.137. The number of hydrogen-bond acceptors (Lipinski definition) is 4. The summed E-state index contributed by atoms with van der Waals surface area (Å²) in [6.07, 6.45) is -4.67. The van der Waals surface area contributed by atoms with Crippen LogP contribution in [0.1, 0.15) is 22.8 Å². The number of halogens is 3. The minimum absolute atomic E-state index is 0.0517. The zero-order chi connectivity index (χ0) is 20.9. The third-order valence-electron chi connectivity index (χ3n) is 3.67. The predicted molar refractivity (Wildman–Crippen MR) is 97.5 cm³/mol. The summed E-state index contributed by atoms with van der Waals surface area (Å²) < 4.78 is 70.9. The molecule has 0 fully saturated rings. The van der Waals surface area contributed by atoms with Gasteiger partial charge in [-0.1, -0.05) is 12.1 Å². The Morgan fingerprint density at radius 1 is 1.11 bits per heavy atom. The Morgan fingerprint density at radius 2 is 1.71 bits per heavy atom. The van der Waals surface area contributed by atoms with Gasteiger partial charge in [0.25, 0.3) is 5.91 Å². The number of alkyl halides is 3. The predicted octanol–water partition coefficient (Wildman–Crippen LogP) is 3.27. The van der Waals surface area contributed by atoms with Crippen molar-refractivity contribution in [2.24, 2.45) is 0 Å². The van der Waals surface area contributed by atoms with E-state index in [1.165, 1.54) is 43.5 Å². The second-order valence-electron chi connectivity index (χ2n) is 6.00. The summed E-state index contributed by atoms with van der Waals surface area (Å²) in [7, 11) is -2.35. The number of ether oxygens (including phenoxy) is 1. The van der Waals surface area contributed by atoms with E-state index in [0.717, 1.165) is 12.1 Å². The van der Waals surface area contributed by atoms with Crippen LogP contribution in [0.2, 0.25) is 0 Å². The average Bonchev–Trinajstić information content (AvgIpc) is 2.61. The van der Waals surface area contributed by atoms with Crippen molar-refractivity contribution >= 4 is 21.6 Å². The molecule has 1 atom stereocenters. The molecule has 2 aromatic rings. The molecule has 0 saturated carbocycles. The topological polar surface area (TPSA) is 84.5 Å². The van der Waals surface area contributed by atoms with Gasteiger partial charge in [0.1, 0.15) is 0 Å². The number of benzene rings is 2. The van der Waals surface area contributed by atoms with Crippen molar-refractivity contribution < 1.29 is 31.1 Å². The zero-order valence-electron chi connectivity index (χ0n) is 15.1. The van der Waals surface area contributed by atoms with Crippen molar-refractivity contribution in [1.82, 2.24) is 4.72 Å². The molecule has 152 valence electrons. The van der Waals surface area contributed by atoms with Gasteiger partial charge in [-0.15, -0.1) is 0 Å². The highest BCUT2D eigenvalue weighted by molar-refractivity contribution is 7.89. The van der Waals surface area contributed by atoms with E-state index in [0.29, 0.717) is 0 Å². The van der Waals surface area contributed by atoms with Crippen molar-refractivity contribution in [3.05, 3.63) is 59.7 Å². The van der Waals surface area contributed by atoms with E-state index in [1.54, 1.807) is 6.92 Å². The number of methoxy groups -OCH3 is 1. The SMILES string of the molecule is COCC(C)NS(=O)(=O)c1ccc(NC(=O)c2ccccc2C(F)(F)F)cc1. The van der Waals surface area contributed by atoms with Gasteiger partial charge in [-0.3, -0.25) is 4.79 Å². The molecule has 1 amide bonds. The second kappa shape index (κ2) is 8.72. The van der Waals surface area contributed by atoms with E-state index in [9.17, 15) is 26.4 Å². The van der Waals surface area contributed by atoms with Gasteiger partial charge >= 0.3 is 6.18 Å². The van der Waals surface area contributed by atoms with Crippen LogP contribution in [0.15, 0.2) is 53.4 Å². The molecular formula is C18H19F3N2O4S. The van der Waals surface area contributed by atoms with Gasteiger partial charge in [0.15, 0.2) is 0 Å². The van der Waals surface area contributed by atoms with Crippen molar-refractivity contribution in [2.45, 2.75) is 24.0 Å². The number of rotatable bonds is 7. The molecule has 28 heavy (non-hydrogen) atoms. The summed E-state index contributed by atoms with van der Waals surface area (Å²) in [6.45, 7) is 1.82. The fraction of sp³-hybridized carbons (Fsp3) is 0.278. The van der Waals surface area contributed by atoms with Crippen LogP contribution in [0.25, 0.3) is 0 Å². The minimum atomic E-state index is -4.67. The fourth-order valence-corrected chi connectivity index (χ4v) is 3.69. The minimum Gasteiger partial charge on any atom is -0.383 e. The second-order valence-corrected chi connectivity index (χ2v) is 7.71. The fourth-order valence-electron chi connectivity index (χ4n) is 2.46. The molecule has 0 aliphatic heterocycles. The van der Waals surface area contributed by atoms with Crippen molar-refractivity contribution in [3.63, 3.8) is 0 Å². The van der Waals surface area contributed by atoms with Gasteiger partial charge in [0.05, 0.1) is 22.6 Å². The van der Waals surface area contributed by atoms with Gasteiger partial charge in [0, 0.05) is 18.8 Å². The number of amides is 1. The van der Waals surface area contributed by atoms with Crippen LogP contribution in [-0.4, -0.2) is 34.1 Å². The number of sulfonamides is 1. The Kier molecular flexibility index (Phi) is 6.81. The maximum absolute atomic E-state index is 13.0. The lowest BCUT2D eigenvalue weighted by Crippen LogP contribution is -2.35. The number of nitrogens with one attached hydrogen (secondary N) is 2.